The largest absolute Gasteiger partial charge is 0.505 e. The van der Waals surface area contributed by atoms with E-state index in [2.05, 4.69) is 20.4 Å². The summed E-state index contributed by atoms with van der Waals surface area (Å²) < 4.78 is 32.8. The average Bonchev–Trinajstić information content (AvgIpc) is 3.51. The third-order valence-electron chi connectivity index (χ3n) is 6.31. The lowest BCUT2D eigenvalue weighted by molar-refractivity contribution is 0.469. The molecule has 0 atom stereocenters. The van der Waals surface area contributed by atoms with Gasteiger partial charge in [0.1, 0.15) is 23.1 Å². The van der Waals surface area contributed by atoms with Gasteiger partial charge in [0.05, 0.1) is 23.6 Å². The van der Waals surface area contributed by atoms with Crippen molar-refractivity contribution in [3.05, 3.63) is 83.3 Å². The maximum atomic E-state index is 14.8. The number of aromatic nitrogens is 5. The molecule has 1 aliphatic rings. The Bertz CT molecular complexity index is 1570. The number of halogens is 2. The number of aromatic hydroxyl groups is 1. The summed E-state index contributed by atoms with van der Waals surface area (Å²) in [4.78, 5) is 8.44. The minimum absolute atomic E-state index is 0.0868. The minimum atomic E-state index is -0.564. The van der Waals surface area contributed by atoms with Crippen LogP contribution in [0.25, 0.3) is 22.2 Å². The fourth-order valence-electron chi connectivity index (χ4n) is 4.66. The second-order valence-electron chi connectivity index (χ2n) is 8.35. The molecule has 4 heterocycles. The van der Waals surface area contributed by atoms with Gasteiger partial charge in [0.15, 0.2) is 5.82 Å². The highest BCUT2D eigenvalue weighted by atomic mass is 19.1. The van der Waals surface area contributed by atoms with E-state index in [0.717, 1.165) is 23.7 Å². The molecule has 7 nitrogen and oxygen atoms in total. The minimum Gasteiger partial charge on any atom is -0.505 e. The third-order valence-corrected chi connectivity index (χ3v) is 6.31. The van der Waals surface area contributed by atoms with Crippen LogP contribution in [0.1, 0.15) is 16.8 Å². The Labute approximate surface area is 193 Å². The van der Waals surface area contributed by atoms with Gasteiger partial charge in [-0.05, 0) is 35.7 Å². The lowest BCUT2D eigenvalue weighted by Crippen LogP contribution is -2.04. The number of anilines is 2. The number of hydrogen-bond donors (Lipinski definition) is 2. The number of aryl methyl sites for hydroxylation is 3. The highest BCUT2D eigenvalue weighted by molar-refractivity contribution is 5.95. The van der Waals surface area contributed by atoms with E-state index in [1.165, 1.54) is 6.07 Å². The number of rotatable bonds is 5. The SMILES string of the molecule is Cn1nccc1Nc1ncc(F)c(-c2cc3c4c(c2)c(O)c(Cc2ccccc2F)n4CC3)n1. The van der Waals surface area contributed by atoms with Crippen molar-refractivity contribution in [2.45, 2.75) is 19.4 Å². The summed E-state index contributed by atoms with van der Waals surface area (Å²) in [5, 5.41) is 18.8. The number of hydrogen-bond acceptors (Lipinski definition) is 5. The highest BCUT2D eigenvalue weighted by Crippen LogP contribution is 2.42. The predicted molar refractivity (Wildman–Crippen MR) is 124 cm³/mol. The van der Waals surface area contributed by atoms with Crippen molar-refractivity contribution in [2.24, 2.45) is 7.05 Å². The zero-order valence-electron chi connectivity index (χ0n) is 18.3. The molecule has 2 N–H and O–H groups in total. The summed E-state index contributed by atoms with van der Waals surface area (Å²) in [6, 6.07) is 11.9. The van der Waals surface area contributed by atoms with Crippen molar-refractivity contribution < 1.29 is 13.9 Å². The van der Waals surface area contributed by atoms with Gasteiger partial charge in [-0.1, -0.05) is 18.2 Å². The Morgan fingerprint density at radius 3 is 2.76 bits per heavy atom. The van der Waals surface area contributed by atoms with Crippen molar-refractivity contribution in [1.82, 2.24) is 24.3 Å². The highest BCUT2D eigenvalue weighted by Gasteiger charge is 2.26. The van der Waals surface area contributed by atoms with Crippen LogP contribution in [0.4, 0.5) is 20.5 Å². The number of nitrogens with zero attached hydrogens (tertiary/aromatic N) is 5. The lowest BCUT2D eigenvalue weighted by atomic mass is 10.0. The van der Waals surface area contributed by atoms with Crippen LogP contribution in [-0.2, 0) is 26.4 Å². The van der Waals surface area contributed by atoms with Gasteiger partial charge in [-0.15, -0.1) is 0 Å². The third kappa shape index (κ3) is 3.20. The van der Waals surface area contributed by atoms with Gasteiger partial charge in [-0.25, -0.2) is 18.7 Å². The molecule has 6 rings (SSSR count). The topological polar surface area (TPSA) is 80.8 Å². The van der Waals surface area contributed by atoms with E-state index in [1.54, 1.807) is 48.3 Å². The zero-order valence-corrected chi connectivity index (χ0v) is 18.3. The molecule has 0 saturated heterocycles. The van der Waals surface area contributed by atoms with Gasteiger partial charge in [0.2, 0.25) is 5.95 Å². The van der Waals surface area contributed by atoms with E-state index < -0.39 is 5.82 Å². The molecule has 0 spiro atoms. The van der Waals surface area contributed by atoms with Gasteiger partial charge in [-0.3, -0.25) is 4.68 Å². The number of benzene rings is 2. The Balaban J connectivity index is 1.44. The molecule has 1 aliphatic heterocycles. The monoisotopic (exact) mass is 458 g/mol. The fraction of sp³-hybridized carbons (Fsp3) is 0.160. The zero-order chi connectivity index (χ0) is 23.4. The van der Waals surface area contributed by atoms with E-state index in [4.69, 9.17) is 0 Å². The Morgan fingerprint density at radius 2 is 1.97 bits per heavy atom. The van der Waals surface area contributed by atoms with Crippen LogP contribution in [0.3, 0.4) is 0 Å². The molecule has 34 heavy (non-hydrogen) atoms. The van der Waals surface area contributed by atoms with E-state index in [9.17, 15) is 13.9 Å². The molecule has 2 aromatic carbocycles. The maximum Gasteiger partial charge on any atom is 0.229 e. The average molecular weight is 458 g/mol. The first-order valence-electron chi connectivity index (χ1n) is 10.9. The molecule has 0 fully saturated rings. The molecule has 0 aliphatic carbocycles. The first-order chi connectivity index (χ1) is 16.5. The van der Waals surface area contributed by atoms with E-state index >= 15 is 0 Å². The summed E-state index contributed by atoms with van der Waals surface area (Å²) in [6.45, 7) is 0.666. The molecule has 9 heteroatoms. The molecule has 0 unspecified atom stereocenters. The van der Waals surface area contributed by atoms with Crippen molar-refractivity contribution in [3.8, 4) is 17.0 Å². The van der Waals surface area contributed by atoms with Crippen molar-refractivity contribution in [2.75, 3.05) is 5.32 Å². The Morgan fingerprint density at radius 1 is 1.12 bits per heavy atom. The molecule has 0 bridgehead atoms. The van der Waals surface area contributed by atoms with Gasteiger partial charge in [0.25, 0.3) is 0 Å². The predicted octanol–water partition coefficient (Wildman–Crippen LogP) is 4.71. The van der Waals surface area contributed by atoms with Crippen LogP contribution in [0.5, 0.6) is 5.75 Å². The first-order valence-corrected chi connectivity index (χ1v) is 10.9. The molecule has 170 valence electrons. The van der Waals surface area contributed by atoms with E-state index in [-0.39, 0.29) is 29.6 Å². The van der Waals surface area contributed by atoms with Crippen molar-refractivity contribution >= 4 is 22.7 Å². The quantitative estimate of drug-likeness (QED) is 0.399. The van der Waals surface area contributed by atoms with Crippen LogP contribution in [0, 0.1) is 11.6 Å². The van der Waals surface area contributed by atoms with Crippen LogP contribution < -0.4 is 5.32 Å². The van der Waals surface area contributed by atoms with Gasteiger partial charge in [-0.2, -0.15) is 5.10 Å². The lowest BCUT2D eigenvalue weighted by Gasteiger charge is -2.09. The smallest absolute Gasteiger partial charge is 0.229 e. The van der Waals surface area contributed by atoms with Gasteiger partial charge in [0, 0.05) is 37.0 Å². The molecule has 5 aromatic rings. The van der Waals surface area contributed by atoms with Crippen molar-refractivity contribution in [1.29, 1.82) is 0 Å². The second kappa shape index (κ2) is 7.65. The Kier molecular flexibility index (Phi) is 4.58. The van der Waals surface area contributed by atoms with Crippen LogP contribution >= 0.6 is 0 Å². The summed E-state index contributed by atoms with van der Waals surface area (Å²) in [7, 11) is 1.77. The van der Waals surface area contributed by atoms with E-state index in [0.29, 0.717) is 34.6 Å². The summed E-state index contributed by atoms with van der Waals surface area (Å²) in [6.07, 6.45) is 3.76. The first kappa shape index (κ1) is 20.3. The van der Waals surface area contributed by atoms with Gasteiger partial charge >= 0.3 is 0 Å². The molecular formula is C25H20F2N6O. The fourth-order valence-corrected chi connectivity index (χ4v) is 4.66. The summed E-state index contributed by atoms with van der Waals surface area (Å²) in [5.74, 6) is 0.113. The normalized spacial score (nSPS) is 12.6. The molecule has 0 radical (unpaired) electrons. The second-order valence-corrected chi connectivity index (χ2v) is 8.35. The van der Waals surface area contributed by atoms with Crippen LogP contribution in [0.2, 0.25) is 0 Å². The maximum absolute atomic E-state index is 14.8. The standard InChI is InChI=1S/C25H20F2N6O/c1-32-21(6-8-29-32)30-25-28-13-19(27)22(31-25)16-10-15-7-9-33-20(24(34)17(11-16)23(15)33)12-14-4-2-3-5-18(14)26/h2-6,8,10-11,13,34H,7,9,12H2,1H3,(H,28,30,31). The molecular weight excluding hydrogens is 438 g/mol. The van der Waals surface area contributed by atoms with Crippen molar-refractivity contribution in [3.63, 3.8) is 0 Å². The number of nitrogens with one attached hydrogen (secondary N) is 1. The van der Waals surface area contributed by atoms with Gasteiger partial charge < -0.3 is 15.0 Å². The molecule has 0 amide bonds. The Hall–Kier alpha value is -4.27. The molecule has 0 saturated carbocycles. The van der Waals surface area contributed by atoms with Crippen LogP contribution in [0.15, 0.2) is 54.9 Å². The van der Waals surface area contributed by atoms with Crippen LogP contribution in [-0.4, -0.2) is 29.4 Å². The van der Waals surface area contributed by atoms with E-state index in [1.807, 2.05) is 10.6 Å². The molecule has 3 aromatic heterocycles. The summed E-state index contributed by atoms with van der Waals surface area (Å²) >= 11 is 0. The summed E-state index contributed by atoms with van der Waals surface area (Å²) in [5.41, 5.74) is 3.72.